The summed E-state index contributed by atoms with van der Waals surface area (Å²) in [6.07, 6.45) is 1.45. The molecule has 0 fully saturated rings. The maximum absolute atomic E-state index is 13.1. The molecule has 30 heavy (non-hydrogen) atoms. The predicted molar refractivity (Wildman–Crippen MR) is 105 cm³/mol. The van der Waals surface area contributed by atoms with Crippen molar-refractivity contribution in [2.24, 2.45) is 0 Å². The maximum atomic E-state index is 13.1. The molecular formula is C20H21N5O5. The Morgan fingerprint density at radius 2 is 1.67 bits per heavy atom. The van der Waals surface area contributed by atoms with E-state index in [4.69, 9.17) is 14.2 Å². The number of ether oxygens (including phenoxy) is 3. The average Bonchev–Trinajstić information content (AvgIpc) is 3.32. The van der Waals surface area contributed by atoms with E-state index in [-0.39, 0.29) is 19.0 Å². The van der Waals surface area contributed by atoms with Gasteiger partial charge in [0.05, 0.1) is 27.0 Å². The molecule has 0 saturated carbocycles. The fraction of sp³-hybridized carbons (Fsp3) is 0.250. The predicted octanol–water partition coefficient (Wildman–Crippen LogP) is 1.49. The van der Waals surface area contributed by atoms with Gasteiger partial charge in [0.1, 0.15) is 24.4 Å². The van der Waals surface area contributed by atoms with Crippen molar-refractivity contribution in [2.45, 2.75) is 6.54 Å². The molecule has 3 rings (SSSR count). The zero-order valence-electron chi connectivity index (χ0n) is 16.8. The standard InChI is InChI=1S/C20H21N5O5/c1-28-17-8-14(9-18(10-17)29-2)11-24(12-19(26)30-3)20(27)15-4-6-16(7-5-15)25-13-21-22-23-25/h4-10,13H,11-12H2,1-3H3. The Labute approximate surface area is 173 Å². The third-order valence-electron chi connectivity index (χ3n) is 4.35. The fourth-order valence-electron chi connectivity index (χ4n) is 2.82. The molecule has 2 aromatic carbocycles. The summed E-state index contributed by atoms with van der Waals surface area (Å²) in [5, 5.41) is 11.0. The highest BCUT2D eigenvalue weighted by molar-refractivity contribution is 5.96. The van der Waals surface area contributed by atoms with E-state index in [2.05, 4.69) is 15.5 Å². The van der Waals surface area contributed by atoms with E-state index in [0.29, 0.717) is 22.7 Å². The van der Waals surface area contributed by atoms with E-state index in [1.807, 2.05) is 0 Å². The van der Waals surface area contributed by atoms with Crippen LogP contribution in [0.5, 0.6) is 11.5 Å². The first-order valence-electron chi connectivity index (χ1n) is 8.95. The Morgan fingerprint density at radius 3 is 2.20 bits per heavy atom. The Hall–Kier alpha value is -3.95. The third-order valence-corrected chi connectivity index (χ3v) is 4.35. The minimum atomic E-state index is -0.525. The van der Waals surface area contributed by atoms with Crippen molar-refractivity contribution in [1.82, 2.24) is 25.1 Å². The lowest BCUT2D eigenvalue weighted by molar-refractivity contribution is -0.141. The van der Waals surface area contributed by atoms with Gasteiger partial charge in [0.15, 0.2) is 0 Å². The van der Waals surface area contributed by atoms with Crippen molar-refractivity contribution < 1.29 is 23.8 Å². The molecule has 0 aliphatic carbocycles. The Morgan fingerprint density at radius 1 is 1.00 bits per heavy atom. The number of aromatic nitrogens is 4. The lowest BCUT2D eigenvalue weighted by Crippen LogP contribution is -2.35. The number of carbonyl (C=O) groups excluding carboxylic acids is 2. The molecule has 3 aromatic rings. The summed E-state index contributed by atoms with van der Waals surface area (Å²) in [5.41, 5.74) is 1.85. The Balaban J connectivity index is 1.86. The summed E-state index contributed by atoms with van der Waals surface area (Å²) < 4.78 is 16.8. The summed E-state index contributed by atoms with van der Waals surface area (Å²) in [6.45, 7) is -0.0418. The van der Waals surface area contributed by atoms with Crippen molar-refractivity contribution in [1.29, 1.82) is 0 Å². The van der Waals surface area contributed by atoms with E-state index in [1.54, 1.807) is 56.7 Å². The second kappa shape index (κ2) is 9.50. The van der Waals surface area contributed by atoms with Gasteiger partial charge >= 0.3 is 5.97 Å². The molecule has 0 aliphatic heterocycles. The van der Waals surface area contributed by atoms with E-state index in [9.17, 15) is 9.59 Å². The summed E-state index contributed by atoms with van der Waals surface area (Å²) in [4.78, 5) is 26.4. The summed E-state index contributed by atoms with van der Waals surface area (Å²) in [5.74, 6) is 0.315. The molecule has 1 aromatic heterocycles. The minimum absolute atomic E-state index is 0.163. The van der Waals surface area contributed by atoms with Gasteiger partial charge in [-0.15, -0.1) is 5.10 Å². The highest BCUT2D eigenvalue weighted by atomic mass is 16.5. The topological polar surface area (TPSA) is 109 Å². The van der Waals surface area contributed by atoms with E-state index >= 15 is 0 Å². The van der Waals surface area contributed by atoms with Gasteiger partial charge in [-0.2, -0.15) is 0 Å². The molecule has 0 radical (unpaired) electrons. The van der Waals surface area contributed by atoms with Crippen LogP contribution in [-0.2, 0) is 16.1 Å². The number of methoxy groups -OCH3 is 3. The SMILES string of the molecule is COC(=O)CN(Cc1cc(OC)cc(OC)c1)C(=O)c1ccc(-n2cnnn2)cc1. The quantitative estimate of drug-likeness (QED) is 0.513. The number of amides is 1. The van der Waals surface area contributed by atoms with Gasteiger partial charge in [0.25, 0.3) is 5.91 Å². The molecule has 0 N–H and O–H groups in total. The number of tetrazole rings is 1. The van der Waals surface area contributed by atoms with Gasteiger partial charge in [-0.05, 0) is 52.4 Å². The molecule has 10 heteroatoms. The van der Waals surface area contributed by atoms with Crippen LogP contribution in [-0.4, -0.2) is 64.9 Å². The largest absolute Gasteiger partial charge is 0.497 e. The van der Waals surface area contributed by atoms with Crippen LogP contribution in [0.3, 0.4) is 0 Å². The number of hydrogen-bond donors (Lipinski definition) is 0. The van der Waals surface area contributed by atoms with Crippen molar-refractivity contribution in [3.8, 4) is 17.2 Å². The van der Waals surface area contributed by atoms with Crippen LogP contribution in [0, 0.1) is 0 Å². The highest BCUT2D eigenvalue weighted by Gasteiger charge is 2.20. The van der Waals surface area contributed by atoms with Crippen LogP contribution >= 0.6 is 0 Å². The zero-order chi connectivity index (χ0) is 21.5. The minimum Gasteiger partial charge on any atom is -0.497 e. The lowest BCUT2D eigenvalue weighted by Gasteiger charge is -2.22. The van der Waals surface area contributed by atoms with Crippen LogP contribution in [0.4, 0.5) is 0 Å². The maximum Gasteiger partial charge on any atom is 0.325 e. The average molecular weight is 411 g/mol. The second-order valence-corrected chi connectivity index (χ2v) is 6.26. The van der Waals surface area contributed by atoms with Gasteiger partial charge < -0.3 is 19.1 Å². The van der Waals surface area contributed by atoms with Crippen molar-refractivity contribution in [3.05, 3.63) is 59.9 Å². The summed E-state index contributed by atoms with van der Waals surface area (Å²) in [7, 11) is 4.37. The highest BCUT2D eigenvalue weighted by Crippen LogP contribution is 2.24. The molecule has 0 unspecified atom stereocenters. The van der Waals surface area contributed by atoms with Crippen LogP contribution in [0.25, 0.3) is 5.69 Å². The molecule has 0 saturated heterocycles. The first kappa shape index (κ1) is 20.8. The second-order valence-electron chi connectivity index (χ2n) is 6.26. The zero-order valence-corrected chi connectivity index (χ0v) is 16.8. The van der Waals surface area contributed by atoms with Crippen molar-refractivity contribution >= 4 is 11.9 Å². The number of carbonyl (C=O) groups is 2. The van der Waals surface area contributed by atoms with E-state index in [1.165, 1.54) is 23.0 Å². The van der Waals surface area contributed by atoms with Gasteiger partial charge in [-0.3, -0.25) is 9.59 Å². The smallest absolute Gasteiger partial charge is 0.325 e. The van der Waals surface area contributed by atoms with Crippen LogP contribution in [0.1, 0.15) is 15.9 Å². The molecule has 10 nitrogen and oxygen atoms in total. The molecule has 156 valence electrons. The molecular weight excluding hydrogens is 390 g/mol. The summed E-state index contributed by atoms with van der Waals surface area (Å²) in [6, 6.07) is 12.0. The number of esters is 1. The van der Waals surface area contributed by atoms with Crippen molar-refractivity contribution in [2.75, 3.05) is 27.9 Å². The van der Waals surface area contributed by atoms with Gasteiger partial charge in [-0.1, -0.05) is 0 Å². The third kappa shape index (κ3) is 4.90. The molecule has 0 bridgehead atoms. The Bertz CT molecular complexity index is 983. The molecule has 1 amide bonds. The molecule has 0 spiro atoms. The first-order chi connectivity index (χ1) is 14.5. The normalized spacial score (nSPS) is 10.4. The first-order valence-corrected chi connectivity index (χ1v) is 8.95. The van der Waals surface area contributed by atoms with E-state index in [0.717, 1.165) is 5.56 Å². The van der Waals surface area contributed by atoms with Crippen molar-refractivity contribution in [3.63, 3.8) is 0 Å². The van der Waals surface area contributed by atoms with E-state index < -0.39 is 5.97 Å². The monoisotopic (exact) mass is 411 g/mol. The fourth-order valence-corrected chi connectivity index (χ4v) is 2.82. The number of nitrogens with zero attached hydrogens (tertiary/aromatic N) is 5. The van der Waals surface area contributed by atoms with Crippen LogP contribution in [0.15, 0.2) is 48.8 Å². The van der Waals surface area contributed by atoms with Gasteiger partial charge in [0, 0.05) is 18.2 Å². The van der Waals surface area contributed by atoms with Crippen LogP contribution in [0.2, 0.25) is 0 Å². The molecule has 1 heterocycles. The molecule has 0 aliphatic rings. The Kier molecular flexibility index (Phi) is 6.58. The number of benzene rings is 2. The van der Waals surface area contributed by atoms with Crippen LogP contribution < -0.4 is 9.47 Å². The number of rotatable bonds is 8. The van der Waals surface area contributed by atoms with Gasteiger partial charge in [-0.25, -0.2) is 4.68 Å². The number of hydrogen-bond acceptors (Lipinski definition) is 8. The molecule has 0 atom stereocenters. The summed E-state index contributed by atoms with van der Waals surface area (Å²) >= 11 is 0. The van der Waals surface area contributed by atoms with Gasteiger partial charge in [0.2, 0.25) is 0 Å². The lowest BCUT2D eigenvalue weighted by atomic mass is 10.1.